The van der Waals surface area contributed by atoms with Gasteiger partial charge in [-0.3, -0.25) is 14.9 Å². The third-order valence-electron chi connectivity index (χ3n) is 5.88. The van der Waals surface area contributed by atoms with Gasteiger partial charge in [-0.15, -0.1) is 0 Å². The number of methoxy groups -OCH3 is 1. The van der Waals surface area contributed by atoms with Gasteiger partial charge in [-0.05, 0) is 73.9 Å². The molecule has 1 aliphatic rings. The van der Waals surface area contributed by atoms with Crippen LogP contribution in [0.1, 0.15) is 54.9 Å². The summed E-state index contributed by atoms with van der Waals surface area (Å²) in [5.41, 5.74) is 6.63. The van der Waals surface area contributed by atoms with Crippen molar-refractivity contribution < 1.29 is 23.8 Å². The van der Waals surface area contributed by atoms with Crippen LogP contribution in [0.2, 0.25) is 0 Å². The van der Waals surface area contributed by atoms with E-state index in [0.717, 1.165) is 31.2 Å². The average molecular weight is 500 g/mol. The Labute approximate surface area is 211 Å². The Morgan fingerprint density at radius 2 is 1.77 bits per heavy atom. The fraction of sp³-hybridized carbons (Fsp3) is 0.423. The van der Waals surface area contributed by atoms with Gasteiger partial charge in [0.15, 0.2) is 23.2 Å². The number of carbonyl (C=O) groups excluding carboxylic acids is 2. The Morgan fingerprint density at radius 1 is 1.06 bits per heavy atom. The van der Waals surface area contributed by atoms with Crippen LogP contribution in [0.4, 0.5) is 0 Å². The lowest BCUT2D eigenvalue weighted by Gasteiger charge is -2.36. The highest BCUT2D eigenvalue weighted by Gasteiger charge is 2.25. The number of nitrogens with two attached hydrogens (primary N) is 1. The summed E-state index contributed by atoms with van der Waals surface area (Å²) < 4.78 is 16.3. The van der Waals surface area contributed by atoms with Gasteiger partial charge in [0.2, 0.25) is 0 Å². The smallest absolute Gasteiger partial charge is 0.257 e. The normalized spacial score (nSPS) is 13.5. The zero-order chi connectivity index (χ0) is 25.2. The molecule has 0 heterocycles. The van der Waals surface area contributed by atoms with Crippen LogP contribution in [0.5, 0.6) is 17.2 Å². The molecule has 0 spiro atoms. The number of benzene rings is 2. The van der Waals surface area contributed by atoms with E-state index in [0.29, 0.717) is 41.1 Å². The molecule has 0 unspecified atom stereocenters. The first-order valence-electron chi connectivity index (χ1n) is 11.8. The predicted molar refractivity (Wildman–Crippen MR) is 138 cm³/mol. The summed E-state index contributed by atoms with van der Waals surface area (Å²) in [6, 6.07) is 12.7. The summed E-state index contributed by atoms with van der Waals surface area (Å²) >= 11 is 5.72. The molecule has 188 valence electrons. The molecular formula is C26H33N3O5S. The van der Waals surface area contributed by atoms with Gasteiger partial charge in [0.1, 0.15) is 5.75 Å². The van der Waals surface area contributed by atoms with Crippen LogP contribution in [0.3, 0.4) is 0 Å². The van der Waals surface area contributed by atoms with Gasteiger partial charge < -0.3 is 24.8 Å². The molecule has 0 radical (unpaired) electrons. The highest BCUT2D eigenvalue weighted by atomic mass is 32.1. The summed E-state index contributed by atoms with van der Waals surface area (Å²) in [6.07, 6.45) is 5.47. The molecule has 0 aromatic heterocycles. The minimum Gasteiger partial charge on any atom is -0.494 e. The van der Waals surface area contributed by atoms with E-state index in [-0.39, 0.29) is 18.6 Å². The van der Waals surface area contributed by atoms with E-state index in [4.69, 9.17) is 32.2 Å². The van der Waals surface area contributed by atoms with Gasteiger partial charge in [0.05, 0.1) is 13.7 Å². The van der Waals surface area contributed by atoms with Crippen LogP contribution in [0.15, 0.2) is 42.5 Å². The minimum atomic E-state index is -0.562. The number of amides is 2. The van der Waals surface area contributed by atoms with Gasteiger partial charge in [-0.2, -0.15) is 0 Å². The first kappa shape index (κ1) is 26.3. The highest BCUT2D eigenvalue weighted by Crippen LogP contribution is 2.30. The maximum atomic E-state index is 12.9. The second-order valence-electron chi connectivity index (χ2n) is 8.38. The Kier molecular flexibility index (Phi) is 9.72. The van der Waals surface area contributed by atoms with Crippen molar-refractivity contribution in [2.45, 2.75) is 51.6 Å². The number of ether oxygens (including phenoxy) is 3. The zero-order valence-electron chi connectivity index (χ0n) is 20.2. The summed E-state index contributed by atoms with van der Waals surface area (Å²) in [5, 5.41) is 3.30. The second-order valence-corrected chi connectivity index (χ2v) is 8.76. The lowest BCUT2D eigenvalue weighted by atomic mass is 9.94. The molecule has 1 aliphatic carbocycles. The fourth-order valence-electron chi connectivity index (χ4n) is 4.14. The van der Waals surface area contributed by atoms with E-state index in [1.165, 1.54) is 13.5 Å². The molecule has 1 saturated carbocycles. The molecule has 2 aromatic carbocycles. The van der Waals surface area contributed by atoms with E-state index in [1.54, 1.807) is 30.3 Å². The summed E-state index contributed by atoms with van der Waals surface area (Å²) in [5.74, 6) is 0.829. The summed E-state index contributed by atoms with van der Waals surface area (Å²) in [7, 11) is 1.54. The Bertz CT molecular complexity index is 1020. The molecule has 35 heavy (non-hydrogen) atoms. The van der Waals surface area contributed by atoms with Crippen molar-refractivity contribution in [1.82, 2.24) is 10.2 Å². The van der Waals surface area contributed by atoms with Crippen LogP contribution in [-0.2, 0) is 11.3 Å². The molecule has 3 N–H and O–H groups in total. The number of nitrogens with zero attached hydrogens (tertiary/aromatic N) is 1. The summed E-state index contributed by atoms with van der Waals surface area (Å²) in [4.78, 5) is 26.0. The molecule has 3 rings (SSSR count). The molecule has 0 saturated heterocycles. The number of nitrogens with one attached hydrogen (secondary N) is 1. The fourth-order valence-corrected chi connectivity index (χ4v) is 4.45. The SMILES string of the molecule is CCOc1ccc(C(=O)NC(=S)N(Cc2ccc(OCC(N)=O)c(OC)c2)C2CCCCC2)cc1. The predicted octanol–water partition coefficient (Wildman–Crippen LogP) is 3.81. The number of primary amides is 1. The third kappa shape index (κ3) is 7.58. The van der Waals surface area contributed by atoms with Crippen LogP contribution < -0.4 is 25.3 Å². The first-order chi connectivity index (χ1) is 16.9. The quantitative estimate of drug-likeness (QED) is 0.479. The third-order valence-corrected chi connectivity index (χ3v) is 6.21. The van der Waals surface area contributed by atoms with Crippen molar-refractivity contribution >= 4 is 29.1 Å². The molecule has 0 aliphatic heterocycles. The maximum absolute atomic E-state index is 12.9. The lowest BCUT2D eigenvalue weighted by molar-refractivity contribution is -0.119. The molecule has 2 aromatic rings. The van der Waals surface area contributed by atoms with Crippen molar-refractivity contribution in [2.75, 3.05) is 20.3 Å². The maximum Gasteiger partial charge on any atom is 0.257 e. The molecular weight excluding hydrogens is 466 g/mol. The average Bonchev–Trinajstić information content (AvgIpc) is 2.87. The van der Waals surface area contributed by atoms with Gasteiger partial charge >= 0.3 is 0 Å². The van der Waals surface area contributed by atoms with Crippen molar-refractivity contribution in [3.05, 3.63) is 53.6 Å². The molecule has 2 amide bonds. The monoisotopic (exact) mass is 499 g/mol. The van der Waals surface area contributed by atoms with Gasteiger partial charge in [-0.1, -0.05) is 25.3 Å². The lowest BCUT2D eigenvalue weighted by Crippen LogP contribution is -2.48. The van der Waals surface area contributed by atoms with Crippen LogP contribution in [-0.4, -0.2) is 48.2 Å². The topological polar surface area (TPSA) is 103 Å². The molecule has 0 bridgehead atoms. The Balaban J connectivity index is 1.75. The van der Waals surface area contributed by atoms with Gasteiger partial charge in [0, 0.05) is 18.2 Å². The molecule has 1 fully saturated rings. The second kappa shape index (κ2) is 12.9. The van der Waals surface area contributed by atoms with E-state index in [9.17, 15) is 9.59 Å². The van der Waals surface area contributed by atoms with Crippen molar-refractivity contribution in [3.63, 3.8) is 0 Å². The minimum absolute atomic E-state index is 0.230. The van der Waals surface area contributed by atoms with E-state index in [1.807, 2.05) is 19.1 Å². The van der Waals surface area contributed by atoms with E-state index < -0.39 is 5.91 Å². The van der Waals surface area contributed by atoms with Crippen LogP contribution in [0.25, 0.3) is 0 Å². The standard InChI is InChI=1S/C26H33N3O5S/c1-3-33-21-12-10-19(11-13-21)25(31)28-26(35)29(20-7-5-4-6-8-20)16-18-9-14-22(23(15-18)32-2)34-17-24(27)30/h9-15,20H,3-8,16-17H2,1-2H3,(H2,27,30)(H,28,31,35). The number of hydrogen-bond donors (Lipinski definition) is 2. The van der Waals surface area contributed by atoms with Gasteiger partial charge in [0.25, 0.3) is 11.8 Å². The number of rotatable bonds is 10. The van der Waals surface area contributed by atoms with Crippen LogP contribution >= 0.6 is 12.2 Å². The van der Waals surface area contributed by atoms with Crippen molar-refractivity contribution in [2.24, 2.45) is 5.73 Å². The summed E-state index contributed by atoms with van der Waals surface area (Å²) in [6.45, 7) is 2.75. The van der Waals surface area contributed by atoms with E-state index >= 15 is 0 Å². The van der Waals surface area contributed by atoms with Gasteiger partial charge in [-0.25, -0.2) is 0 Å². The van der Waals surface area contributed by atoms with Crippen LogP contribution in [0, 0.1) is 0 Å². The van der Waals surface area contributed by atoms with Crippen molar-refractivity contribution in [1.29, 1.82) is 0 Å². The number of thiocarbonyl (C=S) groups is 1. The Hall–Kier alpha value is -3.33. The Morgan fingerprint density at radius 3 is 2.40 bits per heavy atom. The first-order valence-corrected chi connectivity index (χ1v) is 12.2. The van der Waals surface area contributed by atoms with E-state index in [2.05, 4.69) is 10.2 Å². The molecule has 9 heteroatoms. The zero-order valence-corrected chi connectivity index (χ0v) is 21.1. The number of hydrogen-bond acceptors (Lipinski definition) is 6. The highest BCUT2D eigenvalue weighted by molar-refractivity contribution is 7.80. The molecule has 0 atom stereocenters. The number of carbonyl (C=O) groups is 2. The molecule has 8 nitrogen and oxygen atoms in total. The largest absolute Gasteiger partial charge is 0.494 e. The van der Waals surface area contributed by atoms with Crippen molar-refractivity contribution in [3.8, 4) is 17.2 Å².